The number of aromatic amines is 1. The number of hydrogen-bond acceptors (Lipinski definition) is 5. The van der Waals surface area contributed by atoms with Crippen LogP contribution in [-0.4, -0.2) is 35.2 Å². The average molecular weight is 378 g/mol. The molecule has 0 atom stereocenters. The summed E-state index contributed by atoms with van der Waals surface area (Å²) in [6.45, 7) is 2.39. The van der Waals surface area contributed by atoms with Gasteiger partial charge in [0, 0.05) is 17.8 Å². The standard InChI is InChI=1S/C21H22N4O3/c1-2-28-19(26)14-22-18-11-7-6-10-17(18)21(27)23-12-16-13-24-25-20(16)15-8-4-3-5-9-15/h3-11,13,22H,2,12,14H2,1H3,(H,23,27)(H,24,25). The van der Waals surface area contributed by atoms with E-state index in [2.05, 4.69) is 20.8 Å². The van der Waals surface area contributed by atoms with Crippen LogP contribution < -0.4 is 10.6 Å². The van der Waals surface area contributed by atoms with Gasteiger partial charge in [0.1, 0.15) is 6.54 Å². The van der Waals surface area contributed by atoms with Crippen LogP contribution in [0, 0.1) is 0 Å². The van der Waals surface area contributed by atoms with Crippen molar-refractivity contribution >= 4 is 17.6 Å². The van der Waals surface area contributed by atoms with Crippen molar-refractivity contribution < 1.29 is 14.3 Å². The largest absolute Gasteiger partial charge is 0.465 e. The van der Waals surface area contributed by atoms with Crippen LogP contribution in [0.25, 0.3) is 11.3 Å². The third-order valence-corrected chi connectivity index (χ3v) is 4.12. The number of anilines is 1. The van der Waals surface area contributed by atoms with Gasteiger partial charge in [0.15, 0.2) is 0 Å². The molecule has 0 spiro atoms. The van der Waals surface area contributed by atoms with Crippen molar-refractivity contribution in [2.75, 3.05) is 18.5 Å². The van der Waals surface area contributed by atoms with Crippen LogP contribution in [0.4, 0.5) is 5.69 Å². The second kappa shape index (κ2) is 9.36. The normalized spacial score (nSPS) is 10.3. The molecule has 0 bridgehead atoms. The number of nitrogens with zero attached hydrogens (tertiary/aromatic N) is 1. The number of aromatic nitrogens is 2. The summed E-state index contributed by atoms with van der Waals surface area (Å²) < 4.78 is 4.90. The van der Waals surface area contributed by atoms with Gasteiger partial charge < -0.3 is 15.4 Å². The van der Waals surface area contributed by atoms with Gasteiger partial charge in [-0.3, -0.25) is 14.7 Å². The molecule has 0 aliphatic rings. The summed E-state index contributed by atoms with van der Waals surface area (Å²) in [6, 6.07) is 16.8. The molecule has 1 aromatic heterocycles. The summed E-state index contributed by atoms with van der Waals surface area (Å²) in [7, 11) is 0. The van der Waals surface area contributed by atoms with Crippen molar-refractivity contribution in [1.82, 2.24) is 15.5 Å². The molecule has 0 aliphatic heterocycles. The Morgan fingerprint density at radius 3 is 2.61 bits per heavy atom. The average Bonchev–Trinajstić information content (AvgIpc) is 3.20. The highest BCUT2D eigenvalue weighted by Gasteiger charge is 2.14. The molecule has 0 fully saturated rings. The Balaban J connectivity index is 1.67. The third kappa shape index (κ3) is 4.76. The number of nitrogens with one attached hydrogen (secondary N) is 3. The summed E-state index contributed by atoms with van der Waals surface area (Å²) in [5.74, 6) is -0.615. The number of carbonyl (C=O) groups excluding carboxylic acids is 2. The lowest BCUT2D eigenvalue weighted by Gasteiger charge is -2.12. The van der Waals surface area contributed by atoms with Crippen molar-refractivity contribution in [3.05, 3.63) is 71.9 Å². The van der Waals surface area contributed by atoms with E-state index in [4.69, 9.17) is 4.74 Å². The van der Waals surface area contributed by atoms with E-state index in [1.165, 1.54) is 0 Å². The van der Waals surface area contributed by atoms with Crippen LogP contribution in [-0.2, 0) is 16.1 Å². The van der Waals surface area contributed by atoms with Gasteiger partial charge in [0.25, 0.3) is 5.91 Å². The Kier molecular flexibility index (Phi) is 6.41. The van der Waals surface area contributed by atoms with Crippen LogP contribution in [0.2, 0.25) is 0 Å². The minimum Gasteiger partial charge on any atom is -0.465 e. The SMILES string of the molecule is CCOC(=O)CNc1ccccc1C(=O)NCc1cn[nH]c1-c1ccccc1. The lowest BCUT2D eigenvalue weighted by Crippen LogP contribution is -2.25. The lowest BCUT2D eigenvalue weighted by molar-refractivity contribution is -0.140. The predicted octanol–water partition coefficient (Wildman–Crippen LogP) is 2.98. The number of ether oxygens (including phenoxy) is 1. The number of amides is 1. The maximum Gasteiger partial charge on any atom is 0.325 e. The van der Waals surface area contributed by atoms with Crippen molar-refractivity contribution in [3.8, 4) is 11.3 Å². The van der Waals surface area contributed by atoms with Gasteiger partial charge in [-0.15, -0.1) is 0 Å². The molecule has 1 amide bonds. The van der Waals surface area contributed by atoms with Crippen molar-refractivity contribution in [1.29, 1.82) is 0 Å². The molecular weight excluding hydrogens is 356 g/mol. The minimum atomic E-state index is -0.372. The van der Waals surface area contributed by atoms with Crippen molar-refractivity contribution in [2.24, 2.45) is 0 Å². The van der Waals surface area contributed by atoms with Crippen LogP contribution in [0.1, 0.15) is 22.8 Å². The van der Waals surface area contributed by atoms with Crippen LogP contribution in [0.5, 0.6) is 0 Å². The molecule has 3 aromatic rings. The zero-order valence-electron chi connectivity index (χ0n) is 15.6. The van der Waals surface area contributed by atoms with Gasteiger partial charge >= 0.3 is 5.97 Å². The van der Waals surface area contributed by atoms with Gasteiger partial charge in [-0.25, -0.2) is 0 Å². The molecular formula is C21H22N4O3. The van der Waals surface area contributed by atoms with Gasteiger partial charge in [0.2, 0.25) is 0 Å². The Hall–Kier alpha value is -3.61. The van der Waals surface area contributed by atoms with Crippen LogP contribution in [0.3, 0.4) is 0 Å². The number of carbonyl (C=O) groups is 2. The third-order valence-electron chi connectivity index (χ3n) is 4.12. The number of benzene rings is 2. The molecule has 0 saturated heterocycles. The van der Waals surface area contributed by atoms with E-state index < -0.39 is 0 Å². The summed E-state index contributed by atoms with van der Waals surface area (Å²) >= 11 is 0. The molecule has 0 radical (unpaired) electrons. The molecule has 3 N–H and O–H groups in total. The Morgan fingerprint density at radius 1 is 1.07 bits per heavy atom. The summed E-state index contributed by atoms with van der Waals surface area (Å²) in [4.78, 5) is 24.2. The van der Waals surface area contributed by atoms with Crippen molar-refractivity contribution in [2.45, 2.75) is 13.5 Å². The zero-order chi connectivity index (χ0) is 19.8. The van der Waals surface area contributed by atoms with E-state index in [9.17, 15) is 9.59 Å². The summed E-state index contributed by atoms with van der Waals surface area (Å²) in [6.07, 6.45) is 1.70. The second-order valence-corrected chi connectivity index (χ2v) is 6.02. The maximum atomic E-state index is 12.7. The minimum absolute atomic E-state index is 0.00197. The number of H-pyrrole nitrogens is 1. The van der Waals surface area contributed by atoms with Crippen molar-refractivity contribution in [3.63, 3.8) is 0 Å². The highest BCUT2D eigenvalue weighted by molar-refractivity contribution is 6.00. The van der Waals surface area contributed by atoms with E-state index in [1.54, 1.807) is 37.4 Å². The molecule has 3 rings (SSSR count). The maximum absolute atomic E-state index is 12.7. The lowest BCUT2D eigenvalue weighted by atomic mass is 10.1. The highest BCUT2D eigenvalue weighted by Crippen LogP contribution is 2.21. The fourth-order valence-corrected chi connectivity index (χ4v) is 2.79. The van der Waals surface area contributed by atoms with Gasteiger partial charge in [-0.05, 0) is 24.6 Å². The summed E-state index contributed by atoms with van der Waals surface area (Å²) in [5, 5.41) is 12.9. The molecule has 1 heterocycles. The molecule has 0 saturated carbocycles. The number of hydrogen-bond donors (Lipinski definition) is 3. The highest BCUT2D eigenvalue weighted by atomic mass is 16.5. The fraction of sp³-hybridized carbons (Fsp3) is 0.190. The van der Waals surface area contributed by atoms with Crippen LogP contribution >= 0.6 is 0 Å². The zero-order valence-corrected chi connectivity index (χ0v) is 15.6. The first-order valence-electron chi connectivity index (χ1n) is 9.03. The summed E-state index contributed by atoms with van der Waals surface area (Å²) in [5.41, 5.74) is 3.78. The molecule has 7 heteroatoms. The van der Waals surface area contributed by atoms with E-state index in [1.807, 2.05) is 30.3 Å². The predicted molar refractivity (Wildman–Crippen MR) is 107 cm³/mol. The quantitative estimate of drug-likeness (QED) is 0.524. The topological polar surface area (TPSA) is 96.1 Å². The number of rotatable bonds is 8. The molecule has 2 aromatic carbocycles. The number of esters is 1. The fourth-order valence-electron chi connectivity index (χ4n) is 2.79. The Labute approximate surface area is 163 Å². The smallest absolute Gasteiger partial charge is 0.325 e. The molecule has 0 aliphatic carbocycles. The van der Waals surface area contributed by atoms with Crippen LogP contribution in [0.15, 0.2) is 60.8 Å². The van der Waals surface area contributed by atoms with E-state index >= 15 is 0 Å². The Morgan fingerprint density at radius 2 is 1.82 bits per heavy atom. The molecule has 0 unspecified atom stereocenters. The van der Waals surface area contributed by atoms with Gasteiger partial charge in [-0.2, -0.15) is 5.10 Å². The van der Waals surface area contributed by atoms with E-state index in [0.29, 0.717) is 24.4 Å². The molecule has 28 heavy (non-hydrogen) atoms. The monoisotopic (exact) mass is 378 g/mol. The van der Waals surface area contributed by atoms with E-state index in [-0.39, 0.29) is 18.4 Å². The molecule has 144 valence electrons. The Bertz CT molecular complexity index is 938. The second-order valence-electron chi connectivity index (χ2n) is 6.02. The molecule has 7 nitrogen and oxygen atoms in total. The number of para-hydroxylation sites is 1. The first-order valence-corrected chi connectivity index (χ1v) is 9.03. The van der Waals surface area contributed by atoms with Gasteiger partial charge in [-0.1, -0.05) is 42.5 Å². The van der Waals surface area contributed by atoms with E-state index in [0.717, 1.165) is 16.8 Å². The first kappa shape index (κ1) is 19.2. The van der Waals surface area contributed by atoms with Gasteiger partial charge in [0.05, 0.1) is 24.1 Å². The first-order chi connectivity index (χ1) is 13.7.